The van der Waals surface area contributed by atoms with Crippen molar-refractivity contribution in [1.29, 1.82) is 0 Å². The van der Waals surface area contributed by atoms with E-state index < -0.39 is 0 Å². The van der Waals surface area contributed by atoms with Gasteiger partial charge >= 0.3 is 0 Å². The quantitative estimate of drug-likeness (QED) is 0.840. The summed E-state index contributed by atoms with van der Waals surface area (Å²) in [6.07, 6.45) is 6.23. The molecule has 1 aromatic rings. The van der Waals surface area contributed by atoms with Gasteiger partial charge in [0.2, 0.25) is 5.91 Å². The minimum Gasteiger partial charge on any atom is -0.348 e. The summed E-state index contributed by atoms with van der Waals surface area (Å²) in [5, 5.41) is 5.72. The molecule has 2 atom stereocenters. The molecule has 0 aromatic heterocycles. The van der Waals surface area contributed by atoms with Crippen LogP contribution in [0.15, 0.2) is 36.0 Å². The van der Waals surface area contributed by atoms with Crippen LogP contribution >= 0.6 is 0 Å². The van der Waals surface area contributed by atoms with E-state index >= 15 is 0 Å². The van der Waals surface area contributed by atoms with Crippen molar-refractivity contribution >= 4 is 17.9 Å². The lowest BCUT2D eigenvalue weighted by Gasteiger charge is -2.29. The lowest BCUT2D eigenvalue weighted by Crippen LogP contribution is -2.44. The van der Waals surface area contributed by atoms with Crippen LogP contribution in [-0.4, -0.2) is 17.9 Å². The predicted molar refractivity (Wildman–Crippen MR) is 87.8 cm³/mol. The molecule has 2 rings (SSSR count). The zero-order valence-corrected chi connectivity index (χ0v) is 13.3. The molecule has 1 aliphatic carbocycles. The van der Waals surface area contributed by atoms with Gasteiger partial charge in [-0.05, 0) is 30.4 Å². The molecule has 4 nitrogen and oxygen atoms in total. The van der Waals surface area contributed by atoms with Crippen molar-refractivity contribution in [3.63, 3.8) is 0 Å². The van der Waals surface area contributed by atoms with E-state index in [1.165, 1.54) is 13.3 Å². The zero-order chi connectivity index (χ0) is 15.9. The van der Waals surface area contributed by atoms with Crippen molar-refractivity contribution in [3.05, 3.63) is 41.6 Å². The predicted octanol–water partition coefficient (Wildman–Crippen LogP) is 2.86. The minimum atomic E-state index is -0.242. The van der Waals surface area contributed by atoms with E-state index in [0.717, 1.165) is 24.8 Å². The third-order valence-corrected chi connectivity index (χ3v) is 4.09. The molecule has 0 bridgehead atoms. The van der Waals surface area contributed by atoms with E-state index in [-0.39, 0.29) is 17.9 Å². The number of amides is 2. The lowest BCUT2D eigenvalue weighted by molar-refractivity contribution is -0.123. The Morgan fingerprint density at radius 1 is 1.14 bits per heavy atom. The molecular weight excluding hydrogens is 276 g/mol. The molecule has 1 aliphatic rings. The summed E-state index contributed by atoms with van der Waals surface area (Å²) in [6.45, 7) is 3.58. The van der Waals surface area contributed by atoms with Crippen LogP contribution in [0.4, 0.5) is 0 Å². The molecule has 118 valence electrons. The van der Waals surface area contributed by atoms with Gasteiger partial charge in [-0.15, -0.1) is 0 Å². The normalized spacial score (nSPS) is 22.0. The summed E-state index contributed by atoms with van der Waals surface area (Å²) in [4.78, 5) is 23.9. The first-order valence-electron chi connectivity index (χ1n) is 7.91. The fourth-order valence-corrected chi connectivity index (χ4v) is 2.84. The highest BCUT2D eigenvalue weighted by atomic mass is 16.2. The third-order valence-electron chi connectivity index (χ3n) is 4.09. The molecule has 0 radical (unpaired) electrons. The third kappa shape index (κ3) is 4.72. The van der Waals surface area contributed by atoms with E-state index in [9.17, 15) is 9.59 Å². The van der Waals surface area contributed by atoms with E-state index in [0.29, 0.717) is 11.6 Å². The largest absolute Gasteiger partial charge is 0.348 e. The summed E-state index contributed by atoms with van der Waals surface area (Å²) in [7, 11) is 0. The second kappa shape index (κ2) is 7.78. The Labute approximate surface area is 132 Å². The van der Waals surface area contributed by atoms with Gasteiger partial charge in [0, 0.05) is 13.0 Å². The van der Waals surface area contributed by atoms with Gasteiger partial charge in [0.15, 0.2) is 0 Å². The van der Waals surface area contributed by atoms with Gasteiger partial charge in [0.25, 0.3) is 5.91 Å². The lowest BCUT2D eigenvalue weighted by atomic mass is 9.86. The molecule has 1 fully saturated rings. The molecule has 0 spiro atoms. The van der Waals surface area contributed by atoms with Crippen LogP contribution in [0.25, 0.3) is 6.08 Å². The fourth-order valence-electron chi connectivity index (χ4n) is 2.84. The average Bonchev–Trinajstić information content (AvgIpc) is 2.49. The van der Waals surface area contributed by atoms with Gasteiger partial charge < -0.3 is 10.6 Å². The van der Waals surface area contributed by atoms with Crippen molar-refractivity contribution in [2.75, 3.05) is 0 Å². The van der Waals surface area contributed by atoms with Crippen LogP contribution < -0.4 is 10.6 Å². The highest BCUT2D eigenvalue weighted by molar-refractivity contribution is 6.01. The Morgan fingerprint density at radius 2 is 1.82 bits per heavy atom. The SMILES string of the molecule is CC(=O)N/C(=C\c1ccccc1)C(=O)N[C@H]1CCCC[C@@H]1C. The molecule has 22 heavy (non-hydrogen) atoms. The summed E-state index contributed by atoms with van der Waals surface area (Å²) < 4.78 is 0. The van der Waals surface area contributed by atoms with Crippen molar-refractivity contribution in [2.24, 2.45) is 5.92 Å². The molecule has 1 aromatic carbocycles. The van der Waals surface area contributed by atoms with Gasteiger partial charge in [-0.25, -0.2) is 0 Å². The Kier molecular flexibility index (Phi) is 5.75. The van der Waals surface area contributed by atoms with Gasteiger partial charge in [0.1, 0.15) is 5.70 Å². The van der Waals surface area contributed by atoms with Crippen LogP contribution in [0.3, 0.4) is 0 Å². The van der Waals surface area contributed by atoms with Crippen LogP contribution in [0.1, 0.15) is 45.1 Å². The van der Waals surface area contributed by atoms with Crippen molar-refractivity contribution in [2.45, 2.75) is 45.6 Å². The van der Waals surface area contributed by atoms with Crippen LogP contribution in [0.5, 0.6) is 0 Å². The molecule has 0 saturated heterocycles. The molecule has 2 N–H and O–H groups in total. The highest BCUT2D eigenvalue weighted by Crippen LogP contribution is 2.23. The zero-order valence-electron chi connectivity index (χ0n) is 13.3. The highest BCUT2D eigenvalue weighted by Gasteiger charge is 2.24. The summed E-state index contributed by atoms with van der Waals surface area (Å²) in [5.41, 5.74) is 1.19. The molecular formula is C18H24N2O2. The van der Waals surface area contributed by atoms with Gasteiger partial charge in [-0.3, -0.25) is 9.59 Å². The van der Waals surface area contributed by atoms with E-state index in [1.807, 2.05) is 30.3 Å². The topological polar surface area (TPSA) is 58.2 Å². The smallest absolute Gasteiger partial charge is 0.268 e. The number of nitrogens with one attached hydrogen (secondary N) is 2. The number of hydrogen-bond donors (Lipinski definition) is 2. The van der Waals surface area contributed by atoms with Crippen LogP contribution in [0, 0.1) is 5.92 Å². The number of carbonyl (C=O) groups excluding carboxylic acids is 2. The molecule has 1 saturated carbocycles. The number of hydrogen-bond acceptors (Lipinski definition) is 2. The number of rotatable bonds is 4. The van der Waals surface area contributed by atoms with Gasteiger partial charge in [-0.2, -0.15) is 0 Å². The second-order valence-electron chi connectivity index (χ2n) is 5.99. The monoisotopic (exact) mass is 300 g/mol. The van der Waals surface area contributed by atoms with Crippen molar-refractivity contribution in [1.82, 2.24) is 10.6 Å². The van der Waals surface area contributed by atoms with Crippen molar-refractivity contribution in [3.8, 4) is 0 Å². The Morgan fingerprint density at radius 3 is 2.45 bits per heavy atom. The molecule has 0 aliphatic heterocycles. The molecule has 4 heteroatoms. The summed E-state index contributed by atoms with van der Waals surface area (Å²) >= 11 is 0. The number of carbonyl (C=O) groups is 2. The van der Waals surface area contributed by atoms with Crippen molar-refractivity contribution < 1.29 is 9.59 Å². The van der Waals surface area contributed by atoms with E-state index in [1.54, 1.807) is 6.08 Å². The molecule has 2 amide bonds. The minimum absolute atomic E-state index is 0.189. The Balaban J connectivity index is 2.12. The van der Waals surface area contributed by atoms with Gasteiger partial charge in [0.05, 0.1) is 0 Å². The van der Waals surface area contributed by atoms with Gasteiger partial charge in [-0.1, -0.05) is 50.1 Å². The van der Waals surface area contributed by atoms with E-state index in [2.05, 4.69) is 17.6 Å². The molecule has 0 heterocycles. The average molecular weight is 300 g/mol. The second-order valence-corrected chi connectivity index (χ2v) is 5.99. The van der Waals surface area contributed by atoms with Crippen LogP contribution in [0.2, 0.25) is 0 Å². The summed E-state index contributed by atoms with van der Waals surface area (Å²) in [5.74, 6) is 0.0276. The fraction of sp³-hybridized carbons (Fsp3) is 0.444. The standard InChI is InChI=1S/C18H24N2O2/c1-13-8-6-7-11-16(13)20-18(22)17(19-14(2)21)12-15-9-4-3-5-10-15/h3-5,9-10,12-13,16H,6-8,11H2,1-2H3,(H,19,21)(H,20,22)/b17-12-/t13-,16-/m0/s1. The summed E-state index contributed by atoms with van der Waals surface area (Å²) in [6, 6.07) is 9.71. The van der Waals surface area contributed by atoms with E-state index in [4.69, 9.17) is 0 Å². The molecule has 0 unspecified atom stereocenters. The number of benzene rings is 1. The maximum absolute atomic E-state index is 12.5. The maximum Gasteiger partial charge on any atom is 0.268 e. The first kappa shape index (κ1) is 16.3. The Bertz CT molecular complexity index is 551. The Hall–Kier alpha value is -2.10. The first-order chi connectivity index (χ1) is 10.6. The van der Waals surface area contributed by atoms with Crippen LogP contribution in [-0.2, 0) is 9.59 Å². The maximum atomic E-state index is 12.5. The first-order valence-corrected chi connectivity index (χ1v) is 7.91.